The summed E-state index contributed by atoms with van der Waals surface area (Å²) in [7, 11) is 0. The second-order valence-electron chi connectivity index (χ2n) is 6.08. The van der Waals surface area contributed by atoms with E-state index < -0.39 is 0 Å². The standard InChI is InChI=1S/C15H28N2O2/c1-2-10-19-13-6-5-9-17(11-13)14(18)15(12-16)7-3-4-8-15/h13H,2-12,16H2,1H3. The summed E-state index contributed by atoms with van der Waals surface area (Å²) in [6.07, 6.45) is 7.64. The van der Waals surface area contributed by atoms with Crippen molar-refractivity contribution in [3.63, 3.8) is 0 Å². The maximum Gasteiger partial charge on any atom is 0.230 e. The summed E-state index contributed by atoms with van der Waals surface area (Å²) in [5, 5.41) is 0. The third kappa shape index (κ3) is 3.29. The summed E-state index contributed by atoms with van der Waals surface area (Å²) >= 11 is 0. The molecular weight excluding hydrogens is 240 g/mol. The number of carbonyl (C=O) groups excluding carboxylic acids is 1. The van der Waals surface area contributed by atoms with Crippen molar-refractivity contribution in [2.45, 2.75) is 58.0 Å². The van der Waals surface area contributed by atoms with Gasteiger partial charge in [-0.05, 0) is 32.1 Å². The van der Waals surface area contributed by atoms with Crippen LogP contribution in [0.4, 0.5) is 0 Å². The lowest BCUT2D eigenvalue weighted by molar-refractivity contribution is -0.145. The smallest absolute Gasteiger partial charge is 0.230 e. The van der Waals surface area contributed by atoms with Crippen LogP contribution < -0.4 is 5.73 Å². The zero-order valence-electron chi connectivity index (χ0n) is 12.2. The van der Waals surface area contributed by atoms with Gasteiger partial charge in [-0.1, -0.05) is 19.8 Å². The van der Waals surface area contributed by atoms with Crippen LogP contribution in [0.5, 0.6) is 0 Å². The highest BCUT2D eigenvalue weighted by molar-refractivity contribution is 5.83. The quantitative estimate of drug-likeness (QED) is 0.829. The van der Waals surface area contributed by atoms with Gasteiger partial charge in [-0.2, -0.15) is 0 Å². The Balaban J connectivity index is 1.94. The molecule has 4 heteroatoms. The molecule has 1 aliphatic heterocycles. The van der Waals surface area contributed by atoms with Crippen LogP contribution in [0.2, 0.25) is 0 Å². The topological polar surface area (TPSA) is 55.6 Å². The number of nitrogens with zero attached hydrogens (tertiary/aromatic N) is 1. The molecule has 2 N–H and O–H groups in total. The van der Waals surface area contributed by atoms with Crippen LogP contribution in [0.15, 0.2) is 0 Å². The number of piperidine rings is 1. The Morgan fingerprint density at radius 1 is 1.37 bits per heavy atom. The van der Waals surface area contributed by atoms with E-state index in [-0.39, 0.29) is 17.4 Å². The van der Waals surface area contributed by atoms with E-state index in [4.69, 9.17) is 10.5 Å². The lowest BCUT2D eigenvalue weighted by Crippen LogP contribution is -2.51. The molecule has 1 atom stereocenters. The minimum absolute atomic E-state index is 0.230. The van der Waals surface area contributed by atoms with Gasteiger partial charge < -0.3 is 15.4 Å². The zero-order valence-corrected chi connectivity index (χ0v) is 12.2. The SMILES string of the molecule is CCCOC1CCCN(C(=O)C2(CN)CCCC2)C1. The number of amides is 1. The molecule has 2 fully saturated rings. The Morgan fingerprint density at radius 2 is 2.11 bits per heavy atom. The molecular formula is C15H28N2O2. The van der Waals surface area contributed by atoms with Crippen LogP contribution >= 0.6 is 0 Å². The molecule has 0 bridgehead atoms. The van der Waals surface area contributed by atoms with Crippen LogP contribution in [-0.2, 0) is 9.53 Å². The molecule has 1 aliphatic carbocycles. The van der Waals surface area contributed by atoms with Crippen molar-refractivity contribution in [2.24, 2.45) is 11.1 Å². The van der Waals surface area contributed by atoms with E-state index in [2.05, 4.69) is 6.92 Å². The van der Waals surface area contributed by atoms with Crippen molar-refractivity contribution in [2.75, 3.05) is 26.2 Å². The first-order valence-electron chi connectivity index (χ1n) is 7.83. The fourth-order valence-corrected chi connectivity index (χ4v) is 3.44. The molecule has 0 aromatic carbocycles. The van der Waals surface area contributed by atoms with Gasteiger partial charge in [-0.25, -0.2) is 0 Å². The van der Waals surface area contributed by atoms with Gasteiger partial charge in [0.1, 0.15) is 0 Å². The Kier molecular flexibility index (Phi) is 5.22. The molecule has 1 unspecified atom stereocenters. The van der Waals surface area contributed by atoms with E-state index in [1.807, 2.05) is 4.90 Å². The molecule has 2 aliphatic rings. The second-order valence-corrected chi connectivity index (χ2v) is 6.08. The Labute approximate surface area is 116 Å². The summed E-state index contributed by atoms with van der Waals surface area (Å²) in [6.45, 7) is 5.07. The van der Waals surface area contributed by atoms with Crippen LogP contribution in [0.3, 0.4) is 0 Å². The zero-order chi connectivity index (χ0) is 13.7. The lowest BCUT2D eigenvalue weighted by atomic mass is 9.84. The number of hydrogen-bond donors (Lipinski definition) is 1. The van der Waals surface area contributed by atoms with Crippen LogP contribution in [-0.4, -0.2) is 43.2 Å². The number of carbonyl (C=O) groups is 1. The molecule has 0 aromatic heterocycles. The van der Waals surface area contributed by atoms with E-state index in [1.165, 1.54) is 0 Å². The molecule has 2 rings (SSSR count). The van der Waals surface area contributed by atoms with Gasteiger partial charge in [-0.3, -0.25) is 4.79 Å². The third-order valence-electron chi connectivity index (χ3n) is 4.63. The molecule has 19 heavy (non-hydrogen) atoms. The van der Waals surface area contributed by atoms with Crippen LogP contribution in [0, 0.1) is 5.41 Å². The van der Waals surface area contributed by atoms with Crippen molar-refractivity contribution < 1.29 is 9.53 Å². The summed E-state index contributed by atoms with van der Waals surface area (Å²) in [4.78, 5) is 14.8. The highest BCUT2D eigenvalue weighted by Gasteiger charge is 2.43. The largest absolute Gasteiger partial charge is 0.376 e. The summed E-state index contributed by atoms with van der Waals surface area (Å²) in [6, 6.07) is 0. The lowest BCUT2D eigenvalue weighted by Gasteiger charge is -2.38. The predicted molar refractivity (Wildman–Crippen MR) is 75.8 cm³/mol. The van der Waals surface area contributed by atoms with Gasteiger partial charge in [-0.15, -0.1) is 0 Å². The van der Waals surface area contributed by atoms with Crippen molar-refractivity contribution >= 4 is 5.91 Å². The number of nitrogens with two attached hydrogens (primary N) is 1. The Bertz CT molecular complexity index is 301. The molecule has 1 amide bonds. The summed E-state index contributed by atoms with van der Waals surface area (Å²) < 4.78 is 5.82. The Hall–Kier alpha value is -0.610. The maximum absolute atomic E-state index is 12.8. The highest BCUT2D eigenvalue weighted by Crippen LogP contribution is 2.39. The van der Waals surface area contributed by atoms with E-state index in [0.29, 0.717) is 6.54 Å². The van der Waals surface area contributed by atoms with E-state index in [1.54, 1.807) is 0 Å². The number of likely N-dealkylation sites (tertiary alicyclic amines) is 1. The maximum atomic E-state index is 12.8. The molecule has 4 nitrogen and oxygen atoms in total. The van der Waals surface area contributed by atoms with E-state index in [9.17, 15) is 4.79 Å². The molecule has 110 valence electrons. The van der Waals surface area contributed by atoms with Gasteiger partial charge >= 0.3 is 0 Å². The predicted octanol–water partition coefficient (Wildman–Crippen LogP) is 1.92. The van der Waals surface area contributed by atoms with Crippen LogP contribution in [0.1, 0.15) is 51.9 Å². The van der Waals surface area contributed by atoms with Crippen LogP contribution in [0.25, 0.3) is 0 Å². The minimum Gasteiger partial charge on any atom is -0.376 e. The van der Waals surface area contributed by atoms with Crippen molar-refractivity contribution in [1.82, 2.24) is 4.90 Å². The first-order valence-corrected chi connectivity index (χ1v) is 7.83. The second kappa shape index (κ2) is 6.71. The average molecular weight is 268 g/mol. The molecule has 1 heterocycles. The minimum atomic E-state index is -0.257. The first-order chi connectivity index (χ1) is 9.22. The number of rotatable bonds is 5. The van der Waals surface area contributed by atoms with Gasteiger partial charge in [0.25, 0.3) is 0 Å². The van der Waals surface area contributed by atoms with E-state index >= 15 is 0 Å². The van der Waals surface area contributed by atoms with Crippen molar-refractivity contribution in [3.8, 4) is 0 Å². The highest BCUT2D eigenvalue weighted by atomic mass is 16.5. The molecule has 1 saturated heterocycles. The summed E-state index contributed by atoms with van der Waals surface area (Å²) in [5.41, 5.74) is 5.66. The molecule has 0 spiro atoms. The number of ether oxygens (including phenoxy) is 1. The molecule has 0 aromatic rings. The van der Waals surface area contributed by atoms with Crippen molar-refractivity contribution in [1.29, 1.82) is 0 Å². The fraction of sp³-hybridized carbons (Fsp3) is 0.933. The fourth-order valence-electron chi connectivity index (χ4n) is 3.44. The molecule has 0 radical (unpaired) electrons. The third-order valence-corrected chi connectivity index (χ3v) is 4.63. The van der Waals surface area contributed by atoms with Gasteiger partial charge in [0.15, 0.2) is 0 Å². The average Bonchev–Trinajstić information content (AvgIpc) is 2.94. The van der Waals surface area contributed by atoms with Gasteiger partial charge in [0.2, 0.25) is 5.91 Å². The first kappa shape index (κ1) is 14.8. The van der Waals surface area contributed by atoms with Gasteiger partial charge in [0, 0.05) is 26.2 Å². The number of hydrogen-bond acceptors (Lipinski definition) is 3. The Morgan fingerprint density at radius 3 is 2.74 bits per heavy atom. The van der Waals surface area contributed by atoms with E-state index in [0.717, 1.165) is 64.6 Å². The van der Waals surface area contributed by atoms with Gasteiger partial charge in [0.05, 0.1) is 11.5 Å². The summed E-state index contributed by atoms with van der Waals surface area (Å²) in [5.74, 6) is 0.289. The normalized spacial score (nSPS) is 26.6. The molecule has 1 saturated carbocycles. The monoisotopic (exact) mass is 268 g/mol. The van der Waals surface area contributed by atoms with Crippen molar-refractivity contribution in [3.05, 3.63) is 0 Å².